The summed E-state index contributed by atoms with van der Waals surface area (Å²) in [5.74, 6) is 0.0552. The molecule has 0 saturated heterocycles. The van der Waals surface area contributed by atoms with Crippen LogP contribution in [0.2, 0.25) is 0 Å². The van der Waals surface area contributed by atoms with Gasteiger partial charge in [-0.15, -0.1) is 0 Å². The standard InChI is InChI=1S/C27H30N2O2S/c1-20-6-16-25(17-7-20)32-28-26(27(31)29(2)3)19-22-10-14-24(15-11-22)23-12-8-21(9-13-23)5-4-18-30/h6-18,26,28H,4-5,19H2,1-3H3/t26-/m0/s1. The fraction of sp³-hybridized carbons (Fsp3) is 0.259. The molecule has 0 heterocycles. The maximum Gasteiger partial charge on any atom is 0.240 e. The quantitative estimate of drug-likeness (QED) is 0.348. The smallest absolute Gasteiger partial charge is 0.240 e. The first-order valence-electron chi connectivity index (χ1n) is 10.8. The Morgan fingerprint density at radius 2 is 1.47 bits per heavy atom. The van der Waals surface area contributed by atoms with E-state index in [1.807, 2.05) is 0 Å². The molecule has 0 bridgehead atoms. The van der Waals surface area contributed by atoms with Crippen LogP contribution in [0, 0.1) is 6.92 Å². The molecule has 0 radical (unpaired) electrons. The molecule has 3 aromatic rings. The minimum atomic E-state index is -0.320. The predicted molar refractivity (Wildman–Crippen MR) is 133 cm³/mol. The van der Waals surface area contributed by atoms with E-state index in [1.54, 1.807) is 19.0 Å². The van der Waals surface area contributed by atoms with Crippen LogP contribution in [0.15, 0.2) is 77.7 Å². The van der Waals surface area contributed by atoms with Crippen LogP contribution >= 0.6 is 11.9 Å². The number of hydrogen-bond acceptors (Lipinski definition) is 4. The minimum absolute atomic E-state index is 0.0552. The normalized spacial score (nSPS) is 11.7. The average molecular weight is 447 g/mol. The van der Waals surface area contributed by atoms with Crippen molar-refractivity contribution in [1.29, 1.82) is 0 Å². The minimum Gasteiger partial charge on any atom is -0.347 e. The van der Waals surface area contributed by atoms with Crippen LogP contribution < -0.4 is 4.72 Å². The van der Waals surface area contributed by atoms with Crippen molar-refractivity contribution in [1.82, 2.24) is 9.62 Å². The molecule has 0 aromatic heterocycles. The summed E-state index contributed by atoms with van der Waals surface area (Å²) in [5, 5.41) is 0. The van der Waals surface area contributed by atoms with E-state index in [9.17, 15) is 9.59 Å². The van der Waals surface area contributed by atoms with Crippen molar-refractivity contribution in [3.63, 3.8) is 0 Å². The highest BCUT2D eigenvalue weighted by molar-refractivity contribution is 7.97. The molecule has 1 N–H and O–H groups in total. The summed E-state index contributed by atoms with van der Waals surface area (Å²) >= 11 is 1.49. The van der Waals surface area contributed by atoms with E-state index in [2.05, 4.69) is 84.4 Å². The van der Waals surface area contributed by atoms with Crippen molar-refractivity contribution in [3.8, 4) is 11.1 Å². The lowest BCUT2D eigenvalue weighted by atomic mass is 9.99. The molecule has 0 aliphatic heterocycles. The Kier molecular flexibility index (Phi) is 8.65. The lowest BCUT2D eigenvalue weighted by Crippen LogP contribution is -2.42. The zero-order chi connectivity index (χ0) is 22.9. The average Bonchev–Trinajstić information content (AvgIpc) is 2.81. The molecule has 32 heavy (non-hydrogen) atoms. The van der Waals surface area contributed by atoms with Gasteiger partial charge < -0.3 is 9.69 Å². The maximum absolute atomic E-state index is 12.7. The van der Waals surface area contributed by atoms with Gasteiger partial charge in [0, 0.05) is 25.4 Å². The van der Waals surface area contributed by atoms with Gasteiger partial charge in [0.15, 0.2) is 0 Å². The highest BCUT2D eigenvalue weighted by Gasteiger charge is 2.21. The van der Waals surface area contributed by atoms with E-state index in [0.29, 0.717) is 12.8 Å². The summed E-state index contributed by atoms with van der Waals surface area (Å²) in [5.41, 5.74) is 5.76. The lowest BCUT2D eigenvalue weighted by Gasteiger charge is -2.21. The largest absolute Gasteiger partial charge is 0.347 e. The van der Waals surface area contributed by atoms with Gasteiger partial charge in [-0.25, -0.2) is 4.72 Å². The summed E-state index contributed by atoms with van der Waals surface area (Å²) < 4.78 is 3.36. The van der Waals surface area contributed by atoms with Crippen LogP contribution in [0.4, 0.5) is 0 Å². The van der Waals surface area contributed by atoms with Crippen LogP contribution in [-0.2, 0) is 22.4 Å². The monoisotopic (exact) mass is 446 g/mol. The number of carbonyl (C=O) groups is 2. The number of nitrogens with one attached hydrogen (secondary N) is 1. The molecule has 5 heteroatoms. The maximum atomic E-state index is 12.7. The van der Waals surface area contributed by atoms with E-state index in [4.69, 9.17) is 0 Å². The Balaban J connectivity index is 1.67. The van der Waals surface area contributed by atoms with Gasteiger partial charge in [-0.1, -0.05) is 66.2 Å². The highest BCUT2D eigenvalue weighted by Crippen LogP contribution is 2.22. The third kappa shape index (κ3) is 6.81. The molecule has 3 rings (SSSR count). The first-order valence-corrected chi connectivity index (χ1v) is 11.6. The predicted octanol–water partition coefficient (Wildman–Crippen LogP) is 5.09. The third-order valence-electron chi connectivity index (χ3n) is 5.31. The fourth-order valence-corrected chi connectivity index (χ4v) is 4.13. The van der Waals surface area contributed by atoms with Crippen LogP contribution in [-0.4, -0.2) is 37.2 Å². The SMILES string of the molecule is Cc1ccc(SN[C@@H](Cc2ccc(-c3ccc(CCC=O)cc3)cc2)C(=O)N(C)C)cc1. The number of amides is 1. The van der Waals surface area contributed by atoms with E-state index < -0.39 is 0 Å². The van der Waals surface area contributed by atoms with Crippen LogP contribution in [0.1, 0.15) is 23.1 Å². The van der Waals surface area contributed by atoms with E-state index in [1.165, 1.54) is 23.1 Å². The molecular weight excluding hydrogens is 416 g/mol. The highest BCUT2D eigenvalue weighted by atomic mass is 32.2. The van der Waals surface area contributed by atoms with Crippen molar-refractivity contribution in [3.05, 3.63) is 89.5 Å². The molecular formula is C27H30N2O2S. The first kappa shape index (κ1) is 23.8. The van der Waals surface area contributed by atoms with E-state index in [-0.39, 0.29) is 11.9 Å². The number of rotatable bonds is 10. The Morgan fingerprint density at radius 1 is 0.906 bits per heavy atom. The number of carbonyl (C=O) groups excluding carboxylic acids is 2. The van der Waals surface area contributed by atoms with Gasteiger partial charge in [0.05, 0.1) is 0 Å². The molecule has 4 nitrogen and oxygen atoms in total. The molecule has 0 aliphatic rings. The van der Waals surface area contributed by atoms with Crippen molar-refractivity contribution >= 4 is 24.1 Å². The van der Waals surface area contributed by atoms with Gasteiger partial charge in [0.25, 0.3) is 0 Å². The second kappa shape index (κ2) is 11.7. The van der Waals surface area contributed by atoms with Crippen LogP contribution in [0.3, 0.4) is 0 Å². The van der Waals surface area contributed by atoms with Gasteiger partial charge in [-0.3, -0.25) is 4.79 Å². The molecule has 0 fully saturated rings. The molecule has 0 aliphatic carbocycles. The molecule has 0 saturated carbocycles. The van der Waals surface area contributed by atoms with Crippen molar-refractivity contribution in [2.75, 3.05) is 14.1 Å². The topological polar surface area (TPSA) is 49.4 Å². The molecule has 166 valence electrons. The summed E-state index contributed by atoms with van der Waals surface area (Å²) in [6, 6.07) is 24.6. The second-order valence-electron chi connectivity index (χ2n) is 8.12. The summed E-state index contributed by atoms with van der Waals surface area (Å²) in [4.78, 5) is 26.0. The summed E-state index contributed by atoms with van der Waals surface area (Å²) in [6.45, 7) is 2.06. The summed E-state index contributed by atoms with van der Waals surface area (Å²) in [7, 11) is 3.57. The summed E-state index contributed by atoms with van der Waals surface area (Å²) in [6.07, 6.45) is 2.89. The number of aryl methyl sites for hydroxylation is 2. The number of aldehydes is 1. The Bertz CT molecular complexity index is 1010. The first-order chi connectivity index (χ1) is 15.5. The molecule has 3 aromatic carbocycles. The van der Waals surface area contributed by atoms with Gasteiger partial charge in [0.2, 0.25) is 5.91 Å². The molecule has 0 spiro atoms. The van der Waals surface area contributed by atoms with Crippen molar-refractivity contribution < 1.29 is 9.59 Å². The number of likely N-dealkylation sites (N-methyl/N-ethyl adjacent to an activating group) is 1. The second-order valence-corrected chi connectivity index (χ2v) is 9.03. The zero-order valence-corrected chi connectivity index (χ0v) is 19.7. The Hall–Kier alpha value is -2.89. The third-order valence-corrected chi connectivity index (χ3v) is 6.22. The lowest BCUT2D eigenvalue weighted by molar-refractivity contribution is -0.130. The number of benzene rings is 3. The molecule has 1 amide bonds. The van der Waals surface area contributed by atoms with E-state index >= 15 is 0 Å². The van der Waals surface area contributed by atoms with Gasteiger partial charge in [-0.05, 0) is 66.1 Å². The zero-order valence-electron chi connectivity index (χ0n) is 18.9. The fourth-order valence-electron chi connectivity index (χ4n) is 3.39. The Morgan fingerprint density at radius 3 is 2.00 bits per heavy atom. The van der Waals surface area contributed by atoms with Crippen LogP contribution in [0.25, 0.3) is 11.1 Å². The van der Waals surface area contributed by atoms with Gasteiger partial charge in [0.1, 0.15) is 12.3 Å². The molecule has 1 atom stereocenters. The van der Waals surface area contributed by atoms with E-state index in [0.717, 1.165) is 34.3 Å². The Labute approximate surface area is 195 Å². The molecule has 0 unspecified atom stereocenters. The van der Waals surface area contributed by atoms with Gasteiger partial charge in [-0.2, -0.15) is 0 Å². The number of nitrogens with zero attached hydrogens (tertiary/aromatic N) is 1. The number of hydrogen-bond donors (Lipinski definition) is 1. The van der Waals surface area contributed by atoms with Gasteiger partial charge >= 0.3 is 0 Å². The van der Waals surface area contributed by atoms with Crippen molar-refractivity contribution in [2.45, 2.75) is 37.1 Å². The van der Waals surface area contributed by atoms with Crippen LogP contribution in [0.5, 0.6) is 0 Å². The van der Waals surface area contributed by atoms with Crippen molar-refractivity contribution in [2.24, 2.45) is 0 Å².